The summed E-state index contributed by atoms with van der Waals surface area (Å²) < 4.78 is 0. The maximum absolute atomic E-state index is 11.3. The van der Waals surface area contributed by atoms with Crippen molar-refractivity contribution >= 4 is 5.97 Å². The van der Waals surface area contributed by atoms with Crippen molar-refractivity contribution in [2.75, 3.05) is 13.1 Å². The maximum atomic E-state index is 11.3. The number of hydrogen-bond donors (Lipinski definition) is 0. The molecule has 4 heteroatoms. The van der Waals surface area contributed by atoms with Gasteiger partial charge < -0.3 is 14.8 Å². The second-order valence-corrected chi connectivity index (χ2v) is 10.7. The predicted molar refractivity (Wildman–Crippen MR) is 148 cm³/mol. The van der Waals surface area contributed by atoms with Crippen LogP contribution in [0.15, 0.2) is 0 Å². The molecule has 3 nitrogen and oxygen atoms in total. The normalized spacial score (nSPS) is 12.1. The third-order valence-electron chi connectivity index (χ3n) is 7.49. The molecule has 0 amide bonds. The van der Waals surface area contributed by atoms with Crippen LogP contribution in [0.4, 0.5) is 0 Å². The van der Waals surface area contributed by atoms with E-state index in [1.807, 2.05) is 0 Å². The summed E-state index contributed by atoms with van der Waals surface area (Å²) in [6.07, 6.45) is 31.0. The molecule has 0 radical (unpaired) electrons. The molecule has 0 spiro atoms. The molecule has 1 unspecified atom stereocenters. The van der Waals surface area contributed by atoms with E-state index in [-0.39, 0.29) is 31.3 Å². The molecule has 1 atom stereocenters. The molecule has 0 aliphatic rings. The molecule has 0 aliphatic carbocycles. The topological polar surface area (TPSA) is 43.4 Å². The Morgan fingerprint density at radius 3 is 1.09 bits per heavy atom. The Kier molecular flexibility index (Phi) is 32.1. The molecule has 204 valence electrons. The van der Waals surface area contributed by atoms with Crippen molar-refractivity contribution in [3.63, 3.8) is 0 Å². The molecule has 0 heterocycles. The molecule has 0 aromatic rings. The number of carbonyl (C=O) groups excluding carboxylic acids is 1. The van der Waals surface area contributed by atoms with Crippen molar-refractivity contribution in [1.82, 2.24) is 4.90 Å². The van der Waals surface area contributed by atoms with Crippen molar-refractivity contribution in [3.8, 4) is 0 Å². The Labute approximate surface area is 233 Å². The van der Waals surface area contributed by atoms with E-state index in [0.717, 1.165) is 19.5 Å². The third kappa shape index (κ3) is 26.9. The molecule has 0 saturated carbocycles. The molecule has 0 bridgehead atoms. The van der Waals surface area contributed by atoms with Gasteiger partial charge in [-0.1, -0.05) is 149 Å². The molecule has 0 saturated heterocycles. The summed E-state index contributed by atoms with van der Waals surface area (Å²) in [5.74, 6) is -0.894. The summed E-state index contributed by atoms with van der Waals surface area (Å²) >= 11 is 0. The number of carboxylic acid groups (broad SMARTS) is 1. The van der Waals surface area contributed by atoms with Crippen LogP contribution >= 0.6 is 0 Å². The summed E-state index contributed by atoms with van der Waals surface area (Å²) in [5.41, 5.74) is 0. The third-order valence-corrected chi connectivity index (χ3v) is 7.49. The van der Waals surface area contributed by atoms with Crippen LogP contribution < -0.4 is 24.0 Å². The zero-order valence-corrected chi connectivity index (χ0v) is 24.7. The van der Waals surface area contributed by atoms with Crippen molar-refractivity contribution < 1.29 is 28.8 Å². The SMILES string of the molecule is CCCCCCCCCCCCCN(CCCCCCCCCCCCC)C(CC)CC(=O)[O-].[Li+]. The summed E-state index contributed by atoms with van der Waals surface area (Å²) in [7, 11) is 0. The van der Waals surface area contributed by atoms with Crippen LogP contribution in [-0.4, -0.2) is 30.0 Å². The van der Waals surface area contributed by atoms with Crippen LogP contribution in [0.1, 0.15) is 175 Å². The largest absolute Gasteiger partial charge is 1.00 e. The van der Waals surface area contributed by atoms with Gasteiger partial charge in [-0.2, -0.15) is 0 Å². The molecule has 0 aromatic carbocycles. The number of unbranched alkanes of at least 4 members (excludes halogenated alkanes) is 20. The molecular formula is C31H62LiNO2. The van der Waals surface area contributed by atoms with Gasteiger partial charge in [-0.3, -0.25) is 0 Å². The second kappa shape index (κ2) is 30.3. The van der Waals surface area contributed by atoms with Crippen LogP contribution in [0.25, 0.3) is 0 Å². The van der Waals surface area contributed by atoms with E-state index in [1.165, 1.54) is 141 Å². The monoisotopic (exact) mass is 487 g/mol. The van der Waals surface area contributed by atoms with Gasteiger partial charge in [0.05, 0.1) is 0 Å². The fraction of sp³-hybridized carbons (Fsp3) is 0.968. The van der Waals surface area contributed by atoms with Gasteiger partial charge in [0.25, 0.3) is 0 Å². The first kappa shape index (κ1) is 37.2. The van der Waals surface area contributed by atoms with Crippen LogP contribution in [0.5, 0.6) is 0 Å². The Morgan fingerprint density at radius 1 is 0.543 bits per heavy atom. The molecule has 0 fully saturated rings. The fourth-order valence-corrected chi connectivity index (χ4v) is 5.16. The molecule has 0 rings (SSSR count). The van der Waals surface area contributed by atoms with Gasteiger partial charge >= 0.3 is 18.9 Å². The van der Waals surface area contributed by atoms with Gasteiger partial charge in [-0.25, -0.2) is 0 Å². The van der Waals surface area contributed by atoms with Crippen molar-refractivity contribution in [3.05, 3.63) is 0 Å². The van der Waals surface area contributed by atoms with Gasteiger partial charge in [-0.05, 0) is 32.4 Å². The Balaban J connectivity index is 0. The first-order valence-corrected chi connectivity index (χ1v) is 15.6. The van der Waals surface area contributed by atoms with Crippen LogP contribution in [0.3, 0.4) is 0 Å². The first-order chi connectivity index (χ1) is 16.7. The number of hydrogen-bond acceptors (Lipinski definition) is 3. The van der Waals surface area contributed by atoms with E-state index in [0.29, 0.717) is 0 Å². The number of nitrogens with zero attached hydrogens (tertiary/aromatic N) is 1. The minimum Gasteiger partial charge on any atom is -0.550 e. The van der Waals surface area contributed by atoms with Gasteiger partial charge in [-0.15, -0.1) is 0 Å². The number of carboxylic acids is 1. The van der Waals surface area contributed by atoms with Crippen molar-refractivity contribution in [2.24, 2.45) is 0 Å². The summed E-state index contributed by atoms with van der Waals surface area (Å²) in [5, 5.41) is 11.3. The predicted octanol–water partition coefficient (Wildman–Crippen LogP) is 5.83. The van der Waals surface area contributed by atoms with Crippen LogP contribution in [0.2, 0.25) is 0 Å². The number of carbonyl (C=O) groups is 1. The molecule has 0 aromatic heterocycles. The van der Waals surface area contributed by atoms with E-state index >= 15 is 0 Å². The Morgan fingerprint density at radius 2 is 0.829 bits per heavy atom. The van der Waals surface area contributed by atoms with Crippen LogP contribution in [0, 0.1) is 0 Å². The van der Waals surface area contributed by atoms with E-state index in [4.69, 9.17) is 0 Å². The second-order valence-electron chi connectivity index (χ2n) is 10.7. The van der Waals surface area contributed by atoms with Gasteiger partial charge in [0, 0.05) is 18.4 Å². The Bertz CT molecular complexity index is 393. The molecular weight excluding hydrogens is 425 g/mol. The standard InChI is InChI=1S/C31H63NO2.Li/c1-4-7-9-11-13-15-17-19-21-23-25-27-32(30(6-3)29-31(33)34)28-26-24-22-20-18-16-14-12-10-8-5-2;/h30H,4-29H2,1-3H3,(H,33,34);/q;+1/p-1. The van der Waals surface area contributed by atoms with Gasteiger partial charge in [0.1, 0.15) is 0 Å². The zero-order chi connectivity index (χ0) is 25.1. The maximum Gasteiger partial charge on any atom is 1.00 e. The first-order valence-electron chi connectivity index (χ1n) is 15.6. The average molecular weight is 488 g/mol. The summed E-state index contributed by atoms with van der Waals surface area (Å²) in [6.45, 7) is 8.80. The Hall–Kier alpha value is 0.0274. The molecule has 35 heavy (non-hydrogen) atoms. The van der Waals surface area contributed by atoms with Crippen LogP contribution in [-0.2, 0) is 4.79 Å². The van der Waals surface area contributed by atoms with E-state index in [9.17, 15) is 9.90 Å². The van der Waals surface area contributed by atoms with Crippen molar-refractivity contribution in [2.45, 2.75) is 181 Å². The summed E-state index contributed by atoms with van der Waals surface area (Å²) in [6, 6.07) is 0.149. The average Bonchev–Trinajstić information content (AvgIpc) is 2.83. The zero-order valence-electron chi connectivity index (χ0n) is 24.7. The number of aliphatic carboxylic acids is 1. The van der Waals surface area contributed by atoms with Gasteiger partial charge in [0.15, 0.2) is 0 Å². The quantitative estimate of drug-likeness (QED) is 0.103. The van der Waals surface area contributed by atoms with E-state index in [2.05, 4.69) is 25.7 Å². The molecule has 0 N–H and O–H groups in total. The molecule has 0 aliphatic heterocycles. The summed E-state index contributed by atoms with van der Waals surface area (Å²) in [4.78, 5) is 13.7. The minimum atomic E-state index is -0.894. The van der Waals surface area contributed by atoms with E-state index in [1.54, 1.807) is 0 Å². The van der Waals surface area contributed by atoms with Crippen molar-refractivity contribution in [1.29, 1.82) is 0 Å². The minimum absolute atomic E-state index is 0. The van der Waals surface area contributed by atoms with Gasteiger partial charge in [0.2, 0.25) is 0 Å². The fourth-order valence-electron chi connectivity index (χ4n) is 5.16. The van der Waals surface area contributed by atoms with E-state index < -0.39 is 5.97 Å². The number of rotatable bonds is 28. The smallest absolute Gasteiger partial charge is 0.550 e.